The summed E-state index contributed by atoms with van der Waals surface area (Å²) in [5, 5.41) is 20.0. The number of phenols is 2. The van der Waals surface area contributed by atoms with Gasteiger partial charge >= 0.3 is 0 Å². The van der Waals surface area contributed by atoms with E-state index >= 15 is 0 Å². The van der Waals surface area contributed by atoms with Crippen molar-refractivity contribution in [1.82, 2.24) is 0 Å². The van der Waals surface area contributed by atoms with Crippen LogP contribution < -0.4 is 0 Å². The van der Waals surface area contributed by atoms with Crippen LogP contribution in [0.5, 0.6) is 11.5 Å². The highest BCUT2D eigenvalue weighted by atomic mass is 32.2. The van der Waals surface area contributed by atoms with Crippen LogP contribution in [0, 0.1) is 6.92 Å². The van der Waals surface area contributed by atoms with Gasteiger partial charge in [-0.1, -0.05) is 0 Å². The van der Waals surface area contributed by atoms with Crippen molar-refractivity contribution in [3.63, 3.8) is 0 Å². The molecule has 0 aliphatic rings. The van der Waals surface area contributed by atoms with Crippen molar-refractivity contribution < 1.29 is 23.2 Å². The molecule has 3 N–H and O–H groups in total. The molecule has 0 bridgehead atoms. The molecule has 0 heterocycles. The maximum absolute atomic E-state index is 11.0. The van der Waals surface area contributed by atoms with Gasteiger partial charge in [-0.25, -0.2) is 0 Å². The van der Waals surface area contributed by atoms with Crippen LogP contribution in [0.25, 0.3) is 10.8 Å². The molecule has 6 heteroatoms. The van der Waals surface area contributed by atoms with Gasteiger partial charge in [-0.15, -0.1) is 0 Å². The minimum atomic E-state index is -4.46. The van der Waals surface area contributed by atoms with Crippen LogP contribution in [0.1, 0.15) is 5.56 Å². The smallest absolute Gasteiger partial charge is 0.298 e. The van der Waals surface area contributed by atoms with Crippen molar-refractivity contribution in [2.75, 3.05) is 0 Å². The number of aryl methyl sites for hydroxylation is 1. The Morgan fingerprint density at radius 2 is 1.47 bits per heavy atom. The van der Waals surface area contributed by atoms with Crippen LogP contribution in [-0.2, 0) is 10.1 Å². The maximum atomic E-state index is 11.0. The first-order chi connectivity index (χ1) is 7.79. The van der Waals surface area contributed by atoms with E-state index in [0.717, 1.165) is 6.07 Å². The zero-order valence-electron chi connectivity index (χ0n) is 8.88. The van der Waals surface area contributed by atoms with E-state index in [2.05, 4.69) is 0 Å². The summed E-state index contributed by atoms with van der Waals surface area (Å²) in [5.41, 5.74) is 0.574. The molecular weight excluding hydrogens is 244 g/mol. The summed E-state index contributed by atoms with van der Waals surface area (Å²) in [6.45, 7) is 1.66. The quantitative estimate of drug-likeness (QED) is 0.674. The lowest BCUT2D eigenvalue weighted by Gasteiger charge is -2.06. The number of fused-ring (bicyclic) bond motifs is 1. The third-order valence-corrected chi connectivity index (χ3v) is 3.39. The predicted molar refractivity (Wildman–Crippen MR) is 61.8 cm³/mol. The molecule has 0 spiro atoms. The SMILES string of the molecule is Cc1cc2cc(S(=O)(=O)O)c(O)cc2cc1O. The molecule has 0 saturated carbocycles. The molecule has 0 amide bonds. The van der Waals surface area contributed by atoms with Gasteiger partial charge in [0.1, 0.15) is 16.4 Å². The van der Waals surface area contributed by atoms with Gasteiger partial charge < -0.3 is 10.2 Å². The van der Waals surface area contributed by atoms with Crippen molar-refractivity contribution >= 4 is 20.9 Å². The Bertz CT molecular complexity index is 703. The monoisotopic (exact) mass is 254 g/mol. The zero-order chi connectivity index (χ0) is 12.8. The molecule has 0 aliphatic heterocycles. The summed E-state index contributed by atoms with van der Waals surface area (Å²) in [6.07, 6.45) is 0. The van der Waals surface area contributed by atoms with Crippen LogP contribution >= 0.6 is 0 Å². The van der Waals surface area contributed by atoms with Gasteiger partial charge in [0.05, 0.1) is 0 Å². The predicted octanol–water partition coefficient (Wildman–Crippen LogP) is 1.81. The largest absolute Gasteiger partial charge is 0.508 e. The van der Waals surface area contributed by atoms with Crippen molar-refractivity contribution in [1.29, 1.82) is 0 Å². The molecular formula is C11H10O5S. The van der Waals surface area contributed by atoms with E-state index in [1.807, 2.05) is 0 Å². The van der Waals surface area contributed by atoms with Gasteiger partial charge in [0, 0.05) is 0 Å². The Labute approximate surface area is 97.7 Å². The molecule has 2 aromatic rings. The standard InChI is InChI=1S/C11H10O5S/c1-6-2-7-5-11(17(14,15)16)10(13)4-8(7)3-9(6)12/h2-5,12-13H,1H3,(H,14,15,16). The fraction of sp³-hybridized carbons (Fsp3) is 0.0909. The molecule has 0 saturated heterocycles. The highest BCUT2D eigenvalue weighted by Crippen LogP contribution is 2.31. The Morgan fingerprint density at radius 3 is 2.06 bits per heavy atom. The Kier molecular flexibility index (Phi) is 2.48. The molecule has 90 valence electrons. The van der Waals surface area contributed by atoms with E-state index in [1.165, 1.54) is 12.1 Å². The number of benzene rings is 2. The average molecular weight is 254 g/mol. The van der Waals surface area contributed by atoms with E-state index in [-0.39, 0.29) is 5.75 Å². The summed E-state index contributed by atoms with van der Waals surface area (Å²) in [6, 6.07) is 5.32. The van der Waals surface area contributed by atoms with Crippen molar-refractivity contribution in [3.8, 4) is 11.5 Å². The van der Waals surface area contributed by atoms with Gasteiger partial charge in [0.15, 0.2) is 0 Å². The minimum Gasteiger partial charge on any atom is -0.508 e. The van der Waals surface area contributed by atoms with E-state index < -0.39 is 20.8 Å². The number of hydrogen-bond acceptors (Lipinski definition) is 4. The maximum Gasteiger partial charge on any atom is 0.298 e. The van der Waals surface area contributed by atoms with E-state index in [0.29, 0.717) is 16.3 Å². The van der Waals surface area contributed by atoms with E-state index in [9.17, 15) is 18.6 Å². The molecule has 0 aliphatic carbocycles. The average Bonchev–Trinajstić information content (AvgIpc) is 2.18. The van der Waals surface area contributed by atoms with Gasteiger partial charge in [0.2, 0.25) is 0 Å². The first-order valence-corrected chi connectivity index (χ1v) is 6.17. The fourth-order valence-corrected chi connectivity index (χ4v) is 2.22. The first-order valence-electron chi connectivity index (χ1n) is 4.73. The second kappa shape index (κ2) is 3.61. The van der Waals surface area contributed by atoms with Crippen LogP contribution in [0.4, 0.5) is 0 Å². The molecule has 0 aromatic heterocycles. The minimum absolute atomic E-state index is 0.0523. The normalized spacial score (nSPS) is 11.9. The molecule has 17 heavy (non-hydrogen) atoms. The topological polar surface area (TPSA) is 94.8 Å². The third kappa shape index (κ3) is 2.04. The molecule has 0 fully saturated rings. The number of aromatic hydroxyl groups is 2. The first kappa shape index (κ1) is 11.7. The number of rotatable bonds is 1. The van der Waals surface area contributed by atoms with Gasteiger partial charge in [-0.2, -0.15) is 8.42 Å². The summed E-state index contributed by atoms with van der Waals surface area (Å²) in [5.74, 6) is -0.500. The number of phenolic OH excluding ortho intramolecular Hbond substituents is 2. The molecule has 2 rings (SSSR count). The van der Waals surface area contributed by atoms with Gasteiger partial charge in [-0.3, -0.25) is 4.55 Å². The van der Waals surface area contributed by atoms with Crippen LogP contribution in [-0.4, -0.2) is 23.2 Å². The summed E-state index contributed by atoms with van der Waals surface area (Å²) >= 11 is 0. The summed E-state index contributed by atoms with van der Waals surface area (Å²) in [4.78, 5) is -0.546. The lowest BCUT2D eigenvalue weighted by molar-refractivity contribution is 0.444. The number of hydrogen-bond donors (Lipinski definition) is 3. The Hall–Kier alpha value is -1.79. The third-order valence-electron chi connectivity index (χ3n) is 2.51. The molecule has 2 aromatic carbocycles. The lowest BCUT2D eigenvalue weighted by Crippen LogP contribution is -1.98. The highest BCUT2D eigenvalue weighted by molar-refractivity contribution is 7.86. The highest BCUT2D eigenvalue weighted by Gasteiger charge is 2.16. The molecule has 0 unspecified atom stereocenters. The summed E-state index contributed by atoms with van der Waals surface area (Å²) in [7, 11) is -4.46. The van der Waals surface area contributed by atoms with E-state index in [4.69, 9.17) is 4.55 Å². The lowest BCUT2D eigenvalue weighted by atomic mass is 10.1. The summed E-state index contributed by atoms with van der Waals surface area (Å²) < 4.78 is 30.9. The van der Waals surface area contributed by atoms with E-state index in [1.54, 1.807) is 13.0 Å². The molecule has 0 atom stereocenters. The second-order valence-corrected chi connectivity index (χ2v) is 5.17. The molecule has 5 nitrogen and oxygen atoms in total. The van der Waals surface area contributed by atoms with Crippen molar-refractivity contribution in [2.45, 2.75) is 11.8 Å². The second-order valence-electron chi connectivity index (χ2n) is 3.78. The van der Waals surface area contributed by atoms with Crippen molar-refractivity contribution in [3.05, 3.63) is 29.8 Å². The Morgan fingerprint density at radius 1 is 0.941 bits per heavy atom. The van der Waals surface area contributed by atoms with Crippen LogP contribution in [0.2, 0.25) is 0 Å². The van der Waals surface area contributed by atoms with Crippen LogP contribution in [0.15, 0.2) is 29.2 Å². The fourth-order valence-electron chi connectivity index (χ4n) is 1.63. The van der Waals surface area contributed by atoms with Gasteiger partial charge in [-0.05, 0) is 47.5 Å². The van der Waals surface area contributed by atoms with Crippen molar-refractivity contribution in [2.24, 2.45) is 0 Å². The van der Waals surface area contributed by atoms with Gasteiger partial charge in [0.25, 0.3) is 10.1 Å². The molecule has 0 radical (unpaired) electrons. The zero-order valence-corrected chi connectivity index (χ0v) is 9.69. The van der Waals surface area contributed by atoms with Crippen LogP contribution in [0.3, 0.4) is 0 Å². The Balaban J connectivity index is 2.86.